The first-order valence-corrected chi connectivity index (χ1v) is 7.90. The Morgan fingerprint density at radius 2 is 2.00 bits per heavy atom. The van der Waals surface area contributed by atoms with Crippen LogP contribution in [-0.4, -0.2) is 42.0 Å². The van der Waals surface area contributed by atoms with Crippen LogP contribution in [0, 0.1) is 5.92 Å². The molecule has 0 aliphatic carbocycles. The van der Waals surface area contributed by atoms with Crippen LogP contribution in [-0.2, 0) is 11.0 Å². The Morgan fingerprint density at radius 3 is 2.57 bits per heavy atom. The van der Waals surface area contributed by atoms with Gasteiger partial charge in [-0.3, -0.25) is 4.79 Å². The maximum absolute atomic E-state index is 12.6. The molecule has 1 saturated heterocycles. The van der Waals surface area contributed by atoms with Crippen molar-refractivity contribution in [1.82, 2.24) is 9.88 Å². The predicted octanol–water partition coefficient (Wildman–Crippen LogP) is 3.19. The first kappa shape index (κ1) is 17.6. The van der Waals surface area contributed by atoms with Gasteiger partial charge in [-0.05, 0) is 25.0 Å². The Balaban J connectivity index is 2.02. The SMILES string of the molecule is CCC(C)C(=O)N1CCCN(c2ccc(C(F)(F)F)cn2)CC1. The lowest BCUT2D eigenvalue weighted by Crippen LogP contribution is -2.38. The monoisotopic (exact) mass is 329 g/mol. The highest BCUT2D eigenvalue weighted by Crippen LogP contribution is 2.29. The smallest absolute Gasteiger partial charge is 0.355 e. The molecule has 0 radical (unpaired) electrons. The summed E-state index contributed by atoms with van der Waals surface area (Å²) in [7, 11) is 0. The van der Waals surface area contributed by atoms with Crippen molar-refractivity contribution in [1.29, 1.82) is 0 Å². The van der Waals surface area contributed by atoms with E-state index in [1.165, 1.54) is 6.07 Å². The molecule has 128 valence electrons. The number of halogens is 3. The lowest BCUT2D eigenvalue weighted by Gasteiger charge is -2.24. The third-order valence-corrected chi connectivity index (χ3v) is 4.24. The molecule has 1 fully saturated rings. The molecule has 4 nitrogen and oxygen atoms in total. The molecular formula is C16H22F3N3O. The summed E-state index contributed by atoms with van der Waals surface area (Å²) in [5.41, 5.74) is -0.746. The van der Waals surface area contributed by atoms with Crippen LogP contribution in [0.3, 0.4) is 0 Å². The third-order valence-electron chi connectivity index (χ3n) is 4.24. The van der Waals surface area contributed by atoms with Gasteiger partial charge in [0, 0.05) is 38.3 Å². The van der Waals surface area contributed by atoms with Crippen LogP contribution in [0.5, 0.6) is 0 Å². The Morgan fingerprint density at radius 1 is 1.26 bits per heavy atom. The summed E-state index contributed by atoms with van der Waals surface area (Å²) in [4.78, 5) is 20.0. The Labute approximate surface area is 134 Å². The molecule has 1 aromatic heterocycles. The van der Waals surface area contributed by atoms with Crippen LogP contribution in [0.4, 0.5) is 19.0 Å². The van der Waals surface area contributed by atoms with Crippen LogP contribution >= 0.6 is 0 Å². The largest absolute Gasteiger partial charge is 0.417 e. The first-order chi connectivity index (χ1) is 10.8. The van der Waals surface area contributed by atoms with E-state index in [9.17, 15) is 18.0 Å². The van der Waals surface area contributed by atoms with Gasteiger partial charge >= 0.3 is 6.18 Å². The fourth-order valence-electron chi connectivity index (χ4n) is 2.59. The van der Waals surface area contributed by atoms with Crippen molar-refractivity contribution in [3.63, 3.8) is 0 Å². The normalized spacial score (nSPS) is 17.8. The molecule has 2 rings (SSSR count). The molecule has 0 aromatic carbocycles. The summed E-state index contributed by atoms with van der Waals surface area (Å²) in [6.07, 6.45) is -1.92. The molecule has 0 bridgehead atoms. The van der Waals surface area contributed by atoms with E-state index in [-0.39, 0.29) is 11.8 Å². The fraction of sp³-hybridized carbons (Fsp3) is 0.625. The second-order valence-electron chi connectivity index (χ2n) is 5.88. The Hall–Kier alpha value is -1.79. The van der Waals surface area contributed by atoms with Gasteiger partial charge in [0.1, 0.15) is 5.82 Å². The van der Waals surface area contributed by atoms with Crippen LogP contribution in [0.1, 0.15) is 32.3 Å². The zero-order chi connectivity index (χ0) is 17.0. The van der Waals surface area contributed by atoms with Crippen molar-refractivity contribution in [2.75, 3.05) is 31.1 Å². The minimum Gasteiger partial charge on any atom is -0.355 e. The van der Waals surface area contributed by atoms with Crippen molar-refractivity contribution in [2.24, 2.45) is 5.92 Å². The number of alkyl halides is 3. The van der Waals surface area contributed by atoms with Crippen molar-refractivity contribution >= 4 is 11.7 Å². The average molecular weight is 329 g/mol. The van der Waals surface area contributed by atoms with Gasteiger partial charge in [-0.15, -0.1) is 0 Å². The van der Waals surface area contributed by atoms with E-state index in [1.54, 1.807) is 0 Å². The molecule has 2 heterocycles. The maximum atomic E-state index is 12.6. The fourth-order valence-corrected chi connectivity index (χ4v) is 2.59. The summed E-state index contributed by atoms with van der Waals surface area (Å²) in [5.74, 6) is 0.677. The van der Waals surface area contributed by atoms with E-state index < -0.39 is 11.7 Å². The number of hydrogen-bond donors (Lipinski definition) is 0. The van der Waals surface area contributed by atoms with E-state index in [4.69, 9.17) is 0 Å². The first-order valence-electron chi connectivity index (χ1n) is 7.90. The minimum atomic E-state index is -4.37. The number of anilines is 1. The second kappa shape index (κ2) is 7.19. The summed E-state index contributed by atoms with van der Waals surface area (Å²) in [6.45, 7) is 6.43. The second-order valence-corrected chi connectivity index (χ2v) is 5.88. The Kier molecular flexibility index (Phi) is 5.49. The number of rotatable bonds is 3. The summed E-state index contributed by atoms with van der Waals surface area (Å²) < 4.78 is 37.7. The van der Waals surface area contributed by atoms with Gasteiger partial charge in [0.2, 0.25) is 5.91 Å². The van der Waals surface area contributed by atoms with E-state index in [0.717, 1.165) is 25.1 Å². The quantitative estimate of drug-likeness (QED) is 0.854. The lowest BCUT2D eigenvalue weighted by molar-refractivity contribution is -0.138. The van der Waals surface area contributed by atoms with Crippen LogP contribution in [0.25, 0.3) is 0 Å². The maximum Gasteiger partial charge on any atom is 0.417 e. The number of amides is 1. The van der Waals surface area contributed by atoms with E-state index in [1.807, 2.05) is 23.6 Å². The van der Waals surface area contributed by atoms with Crippen molar-refractivity contribution < 1.29 is 18.0 Å². The predicted molar refractivity (Wildman–Crippen MR) is 82.1 cm³/mol. The molecule has 1 aliphatic heterocycles. The van der Waals surface area contributed by atoms with Crippen LogP contribution in [0.15, 0.2) is 18.3 Å². The molecule has 0 N–H and O–H groups in total. The van der Waals surface area contributed by atoms with Gasteiger partial charge in [0.05, 0.1) is 5.56 Å². The van der Waals surface area contributed by atoms with Gasteiger partial charge in [-0.2, -0.15) is 13.2 Å². The molecule has 0 spiro atoms. The Bertz CT molecular complexity index is 530. The number of pyridine rings is 1. The van der Waals surface area contributed by atoms with E-state index >= 15 is 0 Å². The van der Waals surface area contributed by atoms with Gasteiger partial charge < -0.3 is 9.80 Å². The van der Waals surface area contributed by atoms with Gasteiger partial charge in [-0.1, -0.05) is 13.8 Å². The minimum absolute atomic E-state index is 0.00532. The highest BCUT2D eigenvalue weighted by molar-refractivity contribution is 5.78. The molecule has 1 aromatic rings. The summed E-state index contributed by atoms with van der Waals surface area (Å²) in [5, 5.41) is 0. The molecule has 23 heavy (non-hydrogen) atoms. The standard InChI is InChI=1S/C16H22F3N3O/c1-3-12(2)15(23)22-8-4-7-21(9-10-22)14-6-5-13(11-20-14)16(17,18)19/h5-6,11-12H,3-4,7-10H2,1-2H3. The molecule has 7 heteroatoms. The molecule has 0 saturated carbocycles. The summed E-state index contributed by atoms with van der Waals surface area (Å²) in [6, 6.07) is 2.45. The number of hydrogen-bond acceptors (Lipinski definition) is 3. The lowest BCUT2D eigenvalue weighted by atomic mass is 10.1. The molecular weight excluding hydrogens is 307 g/mol. The molecule has 1 amide bonds. The van der Waals surface area contributed by atoms with Gasteiger partial charge in [0.15, 0.2) is 0 Å². The van der Waals surface area contributed by atoms with Crippen LogP contribution < -0.4 is 4.90 Å². The molecule has 1 unspecified atom stereocenters. The number of carbonyl (C=O) groups is 1. The van der Waals surface area contributed by atoms with Crippen molar-refractivity contribution in [2.45, 2.75) is 32.9 Å². The highest BCUT2D eigenvalue weighted by Gasteiger charge is 2.31. The molecule has 1 aliphatic rings. The zero-order valence-electron chi connectivity index (χ0n) is 13.4. The van der Waals surface area contributed by atoms with E-state index in [2.05, 4.69) is 4.98 Å². The number of aromatic nitrogens is 1. The number of nitrogens with zero attached hydrogens (tertiary/aromatic N) is 3. The summed E-state index contributed by atoms with van der Waals surface area (Å²) >= 11 is 0. The van der Waals surface area contributed by atoms with Crippen molar-refractivity contribution in [3.05, 3.63) is 23.9 Å². The van der Waals surface area contributed by atoms with Gasteiger partial charge in [0.25, 0.3) is 0 Å². The number of carbonyl (C=O) groups excluding carboxylic acids is 1. The van der Waals surface area contributed by atoms with Gasteiger partial charge in [-0.25, -0.2) is 4.98 Å². The van der Waals surface area contributed by atoms with Crippen molar-refractivity contribution in [3.8, 4) is 0 Å². The topological polar surface area (TPSA) is 36.4 Å². The zero-order valence-corrected chi connectivity index (χ0v) is 13.4. The van der Waals surface area contributed by atoms with E-state index in [0.29, 0.717) is 32.0 Å². The third kappa shape index (κ3) is 4.36. The molecule has 1 atom stereocenters. The average Bonchev–Trinajstić information content (AvgIpc) is 2.78. The highest BCUT2D eigenvalue weighted by atomic mass is 19.4. The van der Waals surface area contributed by atoms with Crippen LogP contribution in [0.2, 0.25) is 0 Å².